The number of nitrogens with zero attached hydrogens (tertiary/aromatic N) is 1. The fraction of sp³-hybridized carbons (Fsp3) is 0.429. The van der Waals surface area contributed by atoms with E-state index in [-0.39, 0.29) is 29.5 Å². The number of aliphatic carboxylic acids is 1. The van der Waals surface area contributed by atoms with Gasteiger partial charge in [0, 0.05) is 25.2 Å². The van der Waals surface area contributed by atoms with Crippen molar-refractivity contribution in [1.82, 2.24) is 9.62 Å². The molecule has 0 aliphatic rings. The van der Waals surface area contributed by atoms with E-state index >= 15 is 0 Å². The molecule has 0 aliphatic heterocycles. The second-order valence-corrected chi connectivity index (χ2v) is 7.04. The van der Waals surface area contributed by atoms with E-state index in [1.807, 2.05) is 0 Å². The van der Waals surface area contributed by atoms with Crippen molar-refractivity contribution in [2.45, 2.75) is 31.2 Å². The number of hydrogen-bond donors (Lipinski definition) is 2. The minimum Gasteiger partial charge on any atom is -0.481 e. The third kappa shape index (κ3) is 4.54. The Kier molecular flexibility index (Phi) is 6.07. The Morgan fingerprint density at radius 1 is 1.23 bits per heavy atom. The number of rotatable bonds is 7. The first-order valence-corrected chi connectivity index (χ1v) is 8.18. The van der Waals surface area contributed by atoms with Crippen LogP contribution in [0.1, 0.15) is 30.6 Å². The van der Waals surface area contributed by atoms with E-state index in [1.165, 1.54) is 35.6 Å². The Bertz CT molecular complexity index is 638. The number of carboxylic acid groups (broad SMARTS) is 1. The number of nitrogens with one attached hydrogen (secondary N) is 1. The molecule has 0 aromatic heterocycles. The van der Waals surface area contributed by atoms with Gasteiger partial charge in [0.1, 0.15) is 0 Å². The standard InChI is InChI=1S/C14H20N2O5S/c1-10(2)16(3)22(20,21)12-6-4-11(5-7-12)14(19)15-9-8-13(17)18/h4-7,10H,8-9H2,1-3H3,(H,15,19)(H,17,18). The van der Waals surface area contributed by atoms with Crippen LogP contribution in [0.15, 0.2) is 29.2 Å². The molecule has 0 saturated carbocycles. The maximum atomic E-state index is 12.3. The number of carbonyl (C=O) groups excluding carboxylic acids is 1. The van der Waals surface area contributed by atoms with Crippen molar-refractivity contribution in [2.75, 3.05) is 13.6 Å². The fourth-order valence-corrected chi connectivity index (χ4v) is 2.97. The Balaban J connectivity index is 2.82. The second-order valence-electron chi connectivity index (χ2n) is 5.04. The van der Waals surface area contributed by atoms with Crippen LogP contribution in [-0.2, 0) is 14.8 Å². The minimum absolute atomic E-state index is 0.0182. The minimum atomic E-state index is -3.58. The predicted molar refractivity (Wildman–Crippen MR) is 81.1 cm³/mol. The Morgan fingerprint density at radius 2 is 1.77 bits per heavy atom. The molecule has 0 bridgehead atoms. The highest BCUT2D eigenvalue weighted by atomic mass is 32.2. The number of hydrogen-bond acceptors (Lipinski definition) is 4. The Hall–Kier alpha value is -1.93. The van der Waals surface area contributed by atoms with Crippen LogP contribution in [0.5, 0.6) is 0 Å². The van der Waals surface area contributed by atoms with E-state index in [0.29, 0.717) is 0 Å². The van der Waals surface area contributed by atoms with Gasteiger partial charge in [-0.15, -0.1) is 0 Å². The van der Waals surface area contributed by atoms with Crippen molar-refractivity contribution in [3.8, 4) is 0 Å². The molecule has 2 N–H and O–H groups in total. The first kappa shape index (κ1) is 18.1. The molecule has 1 rings (SSSR count). The molecule has 0 aliphatic carbocycles. The van der Waals surface area contributed by atoms with Crippen molar-refractivity contribution in [3.05, 3.63) is 29.8 Å². The predicted octanol–water partition coefficient (Wildman–Crippen LogP) is 0.920. The van der Waals surface area contributed by atoms with E-state index in [1.54, 1.807) is 13.8 Å². The molecule has 0 atom stereocenters. The van der Waals surface area contributed by atoms with E-state index in [0.717, 1.165) is 0 Å². The summed E-state index contributed by atoms with van der Waals surface area (Å²) in [6, 6.07) is 5.35. The molecule has 122 valence electrons. The summed E-state index contributed by atoms with van der Waals surface area (Å²) in [5.74, 6) is -1.44. The van der Waals surface area contributed by atoms with E-state index in [9.17, 15) is 18.0 Å². The average molecular weight is 328 g/mol. The van der Waals surface area contributed by atoms with Gasteiger partial charge in [-0.3, -0.25) is 9.59 Å². The summed E-state index contributed by atoms with van der Waals surface area (Å²) in [5, 5.41) is 10.9. The lowest BCUT2D eigenvalue weighted by Gasteiger charge is -2.21. The molecule has 0 spiro atoms. The van der Waals surface area contributed by atoms with Crippen molar-refractivity contribution in [1.29, 1.82) is 0 Å². The summed E-state index contributed by atoms with van der Waals surface area (Å²) >= 11 is 0. The van der Waals surface area contributed by atoms with Gasteiger partial charge in [0.05, 0.1) is 11.3 Å². The molecule has 1 aromatic carbocycles. The van der Waals surface area contributed by atoms with Crippen LogP contribution in [0.3, 0.4) is 0 Å². The highest BCUT2D eigenvalue weighted by Crippen LogP contribution is 2.17. The third-order valence-corrected chi connectivity index (χ3v) is 5.19. The highest BCUT2D eigenvalue weighted by molar-refractivity contribution is 7.89. The van der Waals surface area contributed by atoms with Crippen molar-refractivity contribution in [3.63, 3.8) is 0 Å². The first-order chi connectivity index (χ1) is 10.2. The molecule has 0 saturated heterocycles. The van der Waals surface area contributed by atoms with Gasteiger partial charge in [0.25, 0.3) is 5.91 Å². The lowest BCUT2D eigenvalue weighted by molar-refractivity contribution is -0.136. The molecular weight excluding hydrogens is 308 g/mol. The lowest BCUT2D eigenvalue weighted by atomic mass is 10.2. The zero-order chi connectivity index (χ0) is 16.9. The third-order valence-electron chi connectivity index (χ3n) is 3.15. The molecule has 0 unspecified atom stereocenters. The maximum Gasteiger partial charge on any atom is 0.305 e. The van der Waals surface area contributed by atoms with Crippen molar-refractivity contribution >= 4 is 21.9 Å². The summed E-state index contributed by atoms with van der Waals surface area (Å²) in [5.41, 5.74) is 0.275. The SMILES string of the molecule is CC(C)N(C)S(=O)(=O)c1ccc(C(=O)NCCC(=O)O)cc1. The van der Waals surface area contributed by atoms with Gasteiger partial charge in [-0.25, -0.2) is 8.42 Å². The number of amides is 1. The Morgan fingerprint density at radius 3 is 2.23 bits per heavy atom. The van der Waals surface area contributed by atoms with Gasteiger partial charge in [-0.2, -0.15) is 4.31 Å². The zero-order valence-electron chi connectivity index (χ0n) is 12.7. The zero-order valence-corrected chi connectivity index (χ0v) is 13.6. The number of carbonyl (C=O) groups is 2. The van der Waals surface area contributed by atoms with Crippen LogP contribution >= 0.6 is 0 Å². The van der Waals surface area contributed by atoms with Crippen LogP contribution in [0, 0.1) is 0 Å². The lowest BCUT2D eigenvalue weighted by Crippen LogP contribution is -2.33. The molecule has 0 radical (unpaired) electrons. The smallest absolute Gasteiger partial charge is 0.305 e. The van der Waals surface area contributed by atoms with Gasteiger partial charge >= 0.3 is 5.97 Å². The average Bonchev–Trinajstić information content (AvgIpc) is 2.45. The van der Waals surface area contributed by atoms with Crippen molar-refractivity contribution in [2.24, 2.45) is 0 Å². The van der Waals surface area contributed by atoms with Crippen LogP contribution in [0.25, 0.3) is 0 Å². The van der Waals surface area contributed by atoms with E-state index in [2.05, 4.69) is 5.32 Å². The monoisotopic (exact) mass is 328 g/mol. The number of benzene rings is 1. The normalized spacial score (nSPS) is 11.7. The van der Waals surface area contributed by atoms with E-state index < -0.39 is 21.9 Å². The number of carboxylic acids is 1. The molecule has 1 amide bonds. The maximum absolute atomic E-state index is 12.3. The van der Waals surface area contributed by atoms with Crippen LogP contribution < -0.4 is 5.32 Å². The quantitative estimate of drug-likeness (QED) is 0.774. The van der Waals surface area contributed by atoms with Gasteiger partial charge in [-0.05, 0) is 38.1 Å². The van der Waals surface area contributed by atoms with Gasteiger partial charge in [0.15, 0.2) is 0 Å². The summed E-state index contributed by atoms with van der Waals surface area (Å²) < 4.78 is 25.8. The van der Waals surface area contributed by atoms with Crippen molar-refractivity contribution < 1.29 is 23.1 Å². The Labute approximate surface area is 130 Å². The summed E-state index contributed by atoms with van der Waals surface area (Å²) in [4.78, 5) is 22.2. The number of sulfonamides is 1. The molecule has 8 heteroatoms. The highest BCUT2D eigenvalue weighted by Gasteiger charge is 2.23. The fourth-order valence-electron chi connectivity index (χ4n) is 1.61. The topological polar surface area (TPSA) is 104 Å². The van der Waals surface area contributed by atoms with E-state index in [4.69, 9.17) is 5.11 Å². The molecular formula is C14H20N2O5S. The van der Waals surface area contributed by atoms with Gasteiger partial charge in [0.2, 0.25) is 10.0 Å². The van der Waals surface area contributed by atoms with Crippen LogP contribution in [-0.4, -0.2) is 49.3 Å². The largest absolute Gasteiger partial charge is 0.481 e. The van der Waals surface area contributed by atoms with Gasteiger partial charge in [-0.1, -0.05) is 0 Å². The van der Waals surface area contributed by atoms with Gasteiger partial charge < -0.3 is 10.4 Å². The summed E-state index contributed by atoms with van der Waals surface area (Å²) in [6.07, 6.45) is -0.169. The second kappa shape index (κ2) is 7.37. The van der Waals surface area contributed by atoms with Crippen LogP contribution in [0.2, 0.25) is 0 Å². The molecule has 0 heterocycles. The summed E-state index contributed by atoms with van der Waals surface area (Å²) in [6.45, 7) is 3.55. The molecule has 22 heavy (non-hydrogen) atoms. The molecule has 0 fully saturated rings. The van der Waals surface area contributed by atoms with Crippen LogP contribution in [0.4, 0.5) is 0 Å². The summed E-state index contributed by atoms with van der Waals surface area (Å²) in [7, 11) is -2.09. The first-order valence-electron chi connectivity index (χ1n) is 6.74. The molecule has 1 aromatic rings. The molecule has 7 nitrogen and oxygen atoms in total.